The van der Waals surface area contributed by atoms with Crippen LogP contribution in [0.5, 0.6) is 0 Å². The molecule has 3 fully saturated rings. The molecule has 3 atom stereocenters. The molecule has 2 saturated heterocycles. The molecule has 3 rings (SSSR count). The zero-order chi connectivity index (χ0) is 18.1. The van der Waals surface area contributed by atoms with E-state index in [1.54, 1.807) is 0 Å². The first kappa shape index (κ1) is 19.1. The molecule has 3 aliphatic rings. The highest BCUT2D eigenvalue weighted by molar-refractivity contribution is 7.89. The number of aliphatic carboxylic acids is 1. The molecule has 1 saturated carbocycles. The standard InChI is InChI=1S/C17H29NO6S/c1-2-24-17(7-9-23-10-8-17)12-25(21,22)18-14-6-4-3-5-13(14)11-15(18)16(19)20/h13-15H,2-12H2,1H3,(H,19,20)/t13-,14-,15-/m0/s1. The second-order valence-corrected chi connectivity index (χ2v) is 9.39. The highest BCUT2D eigenvalue weighted by atomic mass is 32.2. The smallest absolute Gasteiger partial charge is 0.322 e. The predicted molar refractivity (Wildman–Crippen MR) is 91.8 cm³/mol. The topological polar surface area (TPSA) is 93.1 Å². The Kier molecular flexibility index (Phi) is 5.72. The van der Waals surface area contributed by atoms with Crippen molar-refractivity contribution >= 4 is 16.0 Å². The molecule has 0 aromatic carbocycles. The maximum atomic E-state index is 13.3. The minimum atomic E-state index is -3.73. The Bertz CT molecular complexity index is 580. The molecule has 0 aromatic rings. The number of carboxylic acids is 1. The van der Waals surface area contributed by atoms with Crippen molar-refractivity contribution < 1.29 is 27.8 Å². The second-order valence-electron chi connectivity index (χ2n) is 7.52. The fourth-order valence-corrected chi connectivity index (χ4v) is 7.26. The summed E-state index contributed by atoms with van der Waals surface area (Å²) in [7, 11) is -3.73. The van der Waals surface area contributed by atoms with Gasteiger partial charge >= 0.3 is 5.97 Å². The lowest BCUT2D eigenvalue weighted by atomic mass is 9.85. The van der Waals surface area contributed by atoms with Gasteiger partial charge in [0.25, 0.3) is 0 Å². The molecule has 0 aromatic heterocycles. The van der Waals surface area contributed by atoms with Gasteiger partial charge in [-0.1, -0.05) is 12.8 Å². The van der Waals surface area contributed by atoms with E-state index in [0.717, 1.165) is 25.7 Å². The molecular weight excluding hydrogens is 346 g/mol. The van der Waals surface area contributed by atoms with Crippen molar-refractivity contribution in [2.24, 2.45) is 5.92 Å². The van der Waals surface area contributed by atoms with Crippen molar-refractivity contribution in [3.63, 3.8) is 0 Å². The van der Waals surface area contributed by atoms with Gasteiger partial charge in [-0.2, -0.15) is 4.31 Å². The van der Waals surface area contributed by atoms with Crippen LogP contribution in [0.25, 0.3) is 0 Å². The molecule has 2 aliphatic heterocycles. The molecule has 1 N–H and O–H groups in total. The van der Waals surface area contributed by atoms with Crippen molar-refractivity contribution in [1.29, 1.82) is 0 Å². The number of ether oxygens (including phenoxy) is 2. The lowest BCUT2D eigenvalue weighted by Gasteiger charge is -2.39. The summed E-state index contributed by atoms with van der Waals surface area (Å²) in [6, 6.07) is -1.10. The maximum absolute atomic E-state index is 13.3. The number of nitrogens with zero attached hydrogens (tertiary/aromatic N) is 1. The predicted octanol–water partition coefficient (Wildman–Crippen LogP) is 1.62. The summed E-state index contributed by atoms with van der Waals surface area (Å²) in [5.41, 5.74) is -0.762. The first-order chi connectivity index (χ1) is 11.9. The fraction of sp³-hybridized carbons (Fsp3) is 0.941. The van der Waals surface area contributed by atoms with E-state index in [2.05, 4.69) is 0 Å². The zero-order valence-electron chi connectivity index (χ0n) is 14.9. The molecule has 0 spiro atoms. The molecule has 25 heavy (non-hydrogen) atoms. The number of carboxylic acid groups (broad SMARTS) is 1. The minimum absolute atomic E-state index is 0.149. The van der Waals surface area contributed by atoms with Gasteiger partial charge in [-0.15, -0.1) is 0 Å². The van der Waals surface area contributed by atoms with Gasteiger partial charge in [0.15, 0.2) is 0 Å². The van der Waals surface area contributed by atoms with Crippen LogP contribution in [0.1, 0.15) is 51.9 Å². The Morgan fingerprint density at radius 3 is 2.60 bits per heavy atom. The SMILES string of the molecule is CCOC1(CS(=O)(=O)N2[C@H](C(=O)O)C[C@@H]3CCCC[C@@H]32)CCOCC1. The van der Waals surface area contributed by atoms with Gasteiger partial charge in [-0.25, -0.2) is 8.42 Å². The molecule has 1 aliphatic carbocycles. The number of hydrogen-bond donors (Lipinski definition) is 1. The first-order valence-electron chi connectivity index (χ1n) is 9.34. The molecule has 2 heterocycles. The molecule has 0 bridgehead atoms. The lowest BCUT2D eigenvalue weighted by molar-refractivity contribution is -0.141. The Balaban J connectivity index is 1.86. The van der Waals surface area contributed by atoms with Crippen LogP contribution in [0.4, 0.5) is 0 Å². The fourth-order valence-electron chi connectivity index (χ4n) is 4.82. The summed E-state index contributed by atoms with van der Waals surface area (Å²) in [6.45, 7) is 3.24. The maximum Gasteiger partial charge on any atom is 0.322 e. The van der Waals surface area contributed by atoms with Gasteiger partial charge in [-0.05, 0) is 32.1 Å². The van der Waals surface area contributed by atoms with Gasteiger partial charge in [0.1, 0.15) is 6.04 Å². The van der Waals surface area contributed by atoms with Crippen LogP contribution in [-0.4, -0.2) is 67.1 Å². The molecule has 7 nitrogen and oxygen atoms in total. The van der Waals surface area contributed by atoms with Crippen molar-refractivity contribution in [2.45, 2.75) is 69.6 Å². The summed E-state index contributed by atoms with van der Waals surface area (Å²) in [5.74, 6) is -1.01. The Hall–Kier alpha value is -0.700. The van der Waals surface area contributed by atoms with Crippen molar-refractivity contribution in [3.05, 3.63) is 0 Å². The van der Waals surface area contributed by atoms with Gasteiger partial charge in [-0.3, -0.25) is 4.79 Å². The van der Waals surface area contributed by atoms with Gasteiger partial charge in [0.2, 0.25) is 10.0 Å². The highest BCUT2D eigenvalue weighted by Gasteiger charge is 2.52. The second kappa shape index (κ2) is 7.50. The summed E-state index contributed by atoms with van der Waals surface area (Å²) in [5, 5.41) is 9.61. The molecule has 0 unspecified atom stereocenters. The number of carbonyl (C=O) groups is 1. The molecule has 0 radical (unpaired) electrons. The van der Waals surface area contributed by atoms with Crippen LogP contribution in [0.2, 0.25) is 0 Å². The summed E-state index contributed by atoms with van der Waals surface area (Å²) in [6.07, 6.45) is 5.19. The van der Waals surface area contributed by atoms with Crippen LogP contribution in [0.3, 0.4) is 0 Å². The Labute approximate surface area is 149 Å². The van der Waals surface area contributed by atoms with Crippen LogP contribution in [-0.2, 0) is 24.3 Å². The van der Waals surface area contributed by atoms with Crippen molar-refractivity contribution in [2.75, 3.05) is 25.6 Å². The van der Waals surface area contributed by atoms with Gasteiger partial charge in [0, 0.05) is 38.7 Å². The third-order valence-electron chi connectivity index (χ3n) is 5.94. The van der Waals surface area contributed by atoms with E-state index in [-0.39, 0.29) is 17.7 Å². The number of sulfonamides is 1. The number of rotatable bonds is 6. The average Bonchev–Trinajstić information content (AvgIpc) is 2.96. The van der Waals surface area contributed by atoms with Crippen LogP contribution >= 0.6 is 0 Å². The van der Waals surface area contributed by atoms with E-state index in [1.807, 2.05) is 6.92 Å². The van der Waals surface area contributed by atoms with E-state index >= 15 is 0 Å². The summed E-state index contributed by atoms with van der Waals surface area (Å²) in [4.78, 5) is 11.7. The van der Waals surface area contributed by atoms with Gasteiger partial charge in [0.05, 0.1) is 11.4 Å². The first-order valence-corrected chi connectivity index (χ1v) is 11.0. The van der Waals surface area contributed by atoms with E-state index in [9.17, 15) is 18.3 Å². The van der Waals surface area contributed by atoms with Gasteiger partial charge < -0.3 is 14.6 Å². The summed E-state index contributed by atoms with van der Waals surface area (Å²) < 4.78 is 39.2. The number of fused-ring (bicyclic) bond motifs is 1. The number of hydrogen-bond acceptors (Lipinski definition) is 5. The third-order valence-corrected chi connectivity index (χ3v) is 7.99. The normalized spacial score (nSPS) is 33.1. The van der Waals surface area contributed by atoms with E-state index in [4.69, 9.17) is 9.47 Å². The van der Waals surface area contributed by atoms with E-state index in [0.29, 0.717) is 39.1 Å². The average molecular weight is 375 g/mol. The quantitative estimate of drug-likeness (QED) is 0.758. The van der Waals surface area contributed by atoms with Crippen LogP contribution in [0.15, 0.2) is 0 Å². The lowest BCUT2D eigenvalue weighted by Crippen LogP contribution is -2.53. The largest absolute Gasteiger partial charge is 0.480 e. The molecule has 144 valence electrons. The Morgan fingerprint density at radius 2 is 1.96 bits per heavy atom. The molecule has 8 heteroatoms. The third kappa shape index (κ3) is 3.86. The minimum Gasteiger partial charge on any atom is -0.480 e. The van der Waals surface area contributed by atoms with Crippen molar-refractivity contribution in [1.82, 2.24) is 4.31 Å². The van der Waals surface area contributed by atoms with E-state index in [1.165, 1.54) is 4.31 Å². The molecular formula is C17H29NO6S. The molecule has 0 amide bonds. The van der Waals surface area contributed by atoms with Crippen LogP contribution < -0.4 is 0 Å². The monoisotopic (exact) mass is 375 g/mol. The Morgan fingerprint density at radius 1 is 1.28 bits per heavy atom. The van der Waals surface area contributed by atoms with Crippen molar-refractivity contribution in [3.8, 4) is 0 Å². The highest BCUT2D eigenvalue weighted by Crippen LogP contribution is 2.42. The van der Waals surface area contributed by atoms with E-state index < -0.39 is 27.6 Å². The zero-order valence-corrected chi connectivity index (χ0v) is 15.7. The summed E-state index contributed by atoms with van der Waals surface area (Å²) >= 11 is 0. The van der Waals surface area contributed by atoms with Crippen LogP contribution in [0, 0.1) is 5.92 Å².